The standard InChI is InChI=1S/C27H29F6N3.C2H4O.3C2H6/c1-5-7-23(6-2)34-18(4)17(3)12-19-8-11-25-21(13-19)16-36(35-25)15-20-9-10-22(26(28,29)30)14-24(20)27(31,32)33;1-2-3;3*1-2/h8-14,16,23,34H,4-7,15H2,1-3H3;2H,1H3;3*1-2H3/b17-12+;;;;. The van der Waals surface area contributed by atoms with Gasteiger partial charge < -0.3 is 10.1 Å². The molecule has 45 heavy (non-hydrogen) atoms. The molecule has 3 rings (SSSR count). The largest absolute Gasteiger partial charge is 0.416 e. The maximum atomic E-state index is 13.5. The number of fused-ring (bicyclic) bond motifs is 1. The smallest absolute Gasteiger partial charge is 0.383 e. The van der Waals surface area contributed by atoms with Crippen LogP contribution in [0, 0.1) is 0 Å². The molecule has 0 saturated heterocycles. The number of hydrogen-bond donors (Lipinski definition) is 1. The Balaban J connectivity index is 0. The number of halogens is 6. The molecule has 0 bridgehead atoms. The quantitative estimate of drug-likeness (QED) is 0.143. The lowest BCUT2D eigenvalue weighted by Crippen LogP contribution is -2.27. The Morgan fingerprint density at radius 3 is 2.02 bits per heavy atom. The summed E-state index contributed by atoms with van der Waals surface area (Å²) in [7, 11) is 0. The fraction of sp³-hybridized carbons (Fsp3) is 0.486. The molecular weight excluding hydrogens is 592 g/mol. The number of aromatic nitrogens is 2. The molecule has 0 aliphatic rings. The number of allylic oxidation sites excluding steroid dienone is 1. The third kappa shape index (κ3) is 14.8. The van der Waals surface area contributed by atoms with Gasteiger partial charge in [-0.3, -0.25) is 4.68 Å². The first kappa shape index (κ1) is 43.6. The van der Waals surface area contributed by atoms with Crippen molar-refractivity contribution < 1.29 is 31.1 Å². The van der Waals surface area contributed by atoms with E-state index in [1.54, 1.807) is 12.3 Å². The lowest BCUT2D eigenvalue weighted by Gasteiger charge is -2.19. The van der Waals surface area contributed by atoms with E-state index in [0.29, 0.717) is 23.0 Å². The van der Waals surface area contributed by atoms with E-state index < -0.39 is 23.5 Å². The highest BCUT2D eigenvalue weighted by Gasteiger charge is 2.38. The molecular formula is C35H51F6N3O. The van der Waals surface area contributed by atoms with Gasteiger partial charge in [0.15, 0.2) is 0 Å². The Morgan fingerprint density at radius 2 is 1.53 bits per heavy atom. The fourth-order valence-corrected chi connectivity index (χ4v) is 4.02. The van der Waals surface area contributed by atoms with Crippen LogP contribution in [-0.2, 0) is 23.7 Å². The van der Waals surface area contributed by atoms with Gasteiger partial charge >= 0.3 is 12.4 Å². The van der Waals surface area contributed by atoms with Crippen molar-refractivity contribution in [2.45, 2.75) is 113 Å². The van der Waals surface area contributed by atoms with Crippen molar-refractivity contribution in [3.63, 3.8) is 0 Å². The molecule has 0 aliphatic carbocycles. The lowest BCUT2D eigenvalue weighted by molar-refractivity contribution is -0.143. The number of hydrogen-bond acceptors (Lipinski definition) is 3. The number of carbonyl (C=O) groups excluding carboxylic acids is 1. The summed E-state index contributed by atoms with van der Waals surface area (Å²) in [6.07, 6.45) is -2.40. The summed E-state index contributed by atoms with van der Waals surface area (Å²) < 4.78 is 80.6. The molecule has 1 atom stereocenters. The van der Waals surface area contributed by atoms with E-state index in [1.165, 1.54) is 11.6 Å². The molecule has 3 aromatic rings. The summed E-state index contributed by atoms with van der Waals surface area (Å²) in [6.45, 7) is 23.5. The maximum absolute atomic E-state index is 13.5. The van der Waals surface area contributed by atoms with E-state index in [0.717, 1.165) is 48.4 Å². The lowest BCUT2D eigenvalue weighted by atomic mass is 10.0. The number of nitrogens with one attached hydrogen (secondary N) is 1. The van der Waals surface area contributed by atoms with Crippen LogP contribution in [0.4, 0.5) is 26.3 Å². The van der Waals surface area contributed by atoms with Gasteiger partial charge in [0.1, 0.15) is 6.29 Å². The normalized spacial score (nSPS) is 11.7. The van der Waals surface area contributed by atoms with Crippen molar-refractivity contribution in [1.29, 1.82) is 0 Å². The molecule has 0 aliphatic heterocycles. The molecule has 1 unspecified atom stereocenters. The second-order valence-electron chi connectivity index (χ2n) is 9.09. The molecule has 2 aromatic carbocycles. The van der Waals surface area contributed by atoms with E-state index in [-0.39, 0.29) is 18.2 Å². The Bertz CT molecular complexity index is 1310. The highest BCUT2D eigenvalue weighted by Crippen LogP contribution is 2.37. The minimum atomic E-state index is -4.93. The minimum Gasteiger partial charge on any atom is -0.383 e. The van der Waals surface area contributed by atoms with Gasteiger partial charge in [0.05, 0.1) is 23.2 Å². The predicted octanol–water partition coefficient (Wildman–Crippen LogP) is 11.5. The van der Waals surface area contributed by atoms with Gasteiger partial charge in [-0.05, 0) is 73.7 Å². The summed E-state index contributed by atoms with van der Waals surface area (Å²) in [5.41, 5.74) is 0.263. The molecule has 0 radical (unpaired) electrons. The van der Waals surface area contributed by atoms with Crippen molar-refractivity contribution in [2.24, 2.45) is 0 Å². The summed E-state index contributed by atoms with van der Waals surface area (Å²) in [5, 5.41) is 8.45. The van der Waals surface area contributed by atoms with Crippen LogP contribution in [0.15, 0.2) is 60.4 Å². The third-order valence-corrected chi connectivity index (χ3v) is 6.02. The first-order valence-electron chi connectivity index (χ1n) is 15.5. The van der Waals surface area contributed by atoms with Crippen molar-refractivity contribution in [3.8, 4) is 0 Å². The van der Waals surface area contributed by atoms with E-state index in [4.69, 9.17) is 4.79 Å². The number of benzene rings is 2. The Labute approximate surface area is 265 Å². The zero-order valence-electron chi connectivity index (χ0n) is 28.4. The van der Waals surface area contributed by atoms with E-state index in [9.17, 15) is 26.3 Å². The zero-order chi connectivity index (χ0) is 35.4. The average molecular weight is 644 g/mol. The average Bonchev–Trinajstić information content (AvgIpc) is 3.41. The molecule has 254 valence electrons. The summed E-state index contributed by atoms with van der Waals surface area (Å²) in [5.74, 6) is 0. The van der Waals surface area contributed by atoms with Crippen LogP contribution in [0.2, 0.25) is 0 Å². The molecule has 4 nitrogen and oxygen atoms in total. The molecule has 1 heterocycles. The zero-order valence-corrected chi connectivity index (χ0v) is 28.4. The van der Waals surface area contributed by atoms with Crippen LogP contribution in [-0.4, -0.2) is 22.1 Å². The Kier molecular flexibility index (Phi) is 21.3. The van der Waals surface area contributed by atoms with Gasteiger partial charge in [-0.1, -0.05) is 80.5 Å². The minimum absolute atomic E-state index is 0.148. The summed E-state index contributed by atoms with van der Waals surface area (Å²) in [4.78, 5) is 8.81. The second kappa shape index (κ2) is 22.0. The first-order chi connectivity index (χ1) is 21.2. The molecule has 1 N–H and O–H groups in total. The number of rotatable bonds is 9. The molecule has 1 aromatic heterocycles. The van der Waals surface area contributed by atoms with Gasteiger partial charge in [-0.25, -0.2) is 0 Å². The topological polar surface area (TPSA) is 46.9 Å². The molecule has 10 heteroatoms. The molecule has 0 saturated carbocycles. The van der Waals surface area contributed by atoms with E-state index in [1.807, 2.05) is 66.7 Å². The van der Waals surface area contributed by atoms with Gasteiger partial charge in [-0.2, -0.15) is 31.4 Å². The van der Waals surface area contributed by atoms with Gasteiger partial charge in [0.25, 0.3) is 0 Å². The third-order valence-electron chi connectivity index (χ3n) is 6.02. The van der Waals surface area contributed by atoms with Crippen LogP contribution in [0.5, 0.6) is 0 Å². The predicted molar refractivity (Wildman–Crippen MR) is 176 cm³/mol. The van der Waals surface area contributed by atoms with Crippen molar-refractivity contribution in [3.05, 3.63) is 82.7 Å². The van der Waals surface area contributed by atoms with Crippen molar-refractivity contribution in [1.82, 2.24) is 15.1 Å². The van der Waals surface area contributed by atoms with Crippen LogP contribution in [0.1, 0.15) is 111 Å². The van der Waals surface area contributed by atoms with Gasteiger partial charge in [0.2, 0.25) is 0 Å². The van der Waals surface area contributed by atoms with Crippen LogP contribution in [0.25, 0.3) is 17.0 Å². The number of carbonyl (C=O) groups is 1. The van der Waals surface area contributed by atoms with Crippen molar-refractivity contribution >= 4 is 23.3 Å². The molecule has 0 fully saturated rings. The number of alkyl halides is 6. The number of nitrogens with zero attached hydrogens (tertiary/aromatic N) is 2. The molecule has 0 amide bonds. The van der Waals surface area contributed by atoms with Crippen LogP contribution >= 0.6 is 0 Å². The van der Waals surface area contributed by atoms with E-state index >= 15 is 0 Å². The second-order valence-corrected chi connectivity index (χ2v) is 9.09. The van der Waals surface area contributed by atoms with Gasteiger partial charge in [0, 0.05) is 23.3 Å². The monoisotopic (exact) mass is 643 g/mol. The SMILES string of the molecule is C=C(NC(CC)CCC)/C(C)=C/c1ccc2nn(Cc3ccc(C(F)(F)F)cc3C(F)(F)F)cc2c1.CC.CC.CC.CC=O. The van der Waals surface area contributed by atoms with Crippen LogP contribution in [0.3, 0.4) is 0 Å². The van der Waals surface area contributed by atoms with Crippen LogP contribution < -0.4 is 5.32 Å². The Hall–Kier alpha value is -3.56. The Morgan fingerprint density at radius 1 is 0.956 bits per heavy atom. The van der Waals surface area contributed by atoms with E-state index in [2.05, 4.69) is 30.8 Å². The maximum Gasteiger partial charge on any atom is 0.416 e. The fourth-order valence-electron chi connectivity index (χ4n) is 4.02. The molecule has 0 spiro atoms. The summed E-state index contributed by atoms with van der Waals surface area (Å²) >= 11 is 0. The highest BCUT2D eigenvalue weighted by atomic mass is 19.4. The number of aldehydes is 1. The first-order valence-corrected chi connectivity index (χ1v) is 15.5. The van der Waals surface area contributed by atoms with Gasteiger partial charge in [-0.15, -0.1) is 0 Å². The summed E-state index contributed by atoms with van der Waals surface area (Å²) in [6, 6.07) is 7.47. The highest BCUT2D eigenvalue weighted by molar-refractivity contribution is 5.81. The van der Waals surface area contributed by atoms with Crippen molar-refractivity contribution in [2.75, 3.05) is 0 Å².